The summed E-state index contributed by atoms with van der Waals surface area (Å²) < 4.78 is 0. The van der Waals surface area contributed by atoms with E-state index in [0.717, 1.165) is 0 Å². The quantitative estimate of drug-likeness (QED) is 0.311. The number of hydrogen-bond donors (Lipinski definition) is 0. The molecule has 28 valence electrons. The predicted molar refractivity (Wildman–Crippen MR) is 28.2 cm³/mol. The van der Waals surface area contributed by atoms with Gasteiger partial charge in [0.25, 0.3) is 0 Å². The van der Waals surface area contributed by atoms with Crippen LogP contribution in [-0.4, -0.2) is 10.2 Å². The van der Waals surface area contributed by atoms with Crippen molar-refractivity contribution in [1.82, 2.24) is 0 Å². The molecule has 0 saturated heterocycles. The van der Waals surface area contributed by atoms with Gasteiger partial charge in [-0.1, -0.05) is 6.08 Å². The molecular weight excluding hydrogens is 76.1 g/mol. The number of allylic oxidation sites excluding steroid dienone is 1. The van der Waals surface area contributed by atoms with E-state index in [1.807, 2.05) is 6.08 Å². The molecule has 0 spiro atoms. The molecule has 0 aromatic heterocycles. The minimum atomic E-state index is 0. The second-order valence-electron chi connectivity index (χ2n) is 0.697. The summed E-state index contributed by atoms with van der Waals surface area (Å²) in [5.41, 5.74) is 0. The van der Waals surface area contributed by atoms with Gasteiger partial charge in [-0.2, -0.15) is 0 Å². The largest absolute Gasteiger partial charge is 0.103 e. The Hall–Kier alpha value is -0.0431. The van der Waals surface area contributed by atoms with Gasteiger partial charge in [-0.25, -0.2) is 0 Å². The smallest absolute Gasteiger partial charge is 0.00753 e. The van der Waals surface area contributed by atoms with Crippen LogP contribution < -0.4 is 0 Å². The van der Waals surface area contributed by atoms with E-state index in [-0.39, 0.29) is 7.43 Å². The van der Waals surface area contributed by atoms with Crippen LogP contribution in [0.1, 0.15) is 0 Å². The first-order valence-corrected chi connectivity index (χ1v) is 2.94. The molecule has 0 heterocycles. The van der Waals surface area contributed by atoms with Gasteiger partial charge in [-0.3, -0.25) is 0 Å². The van der Waals surface area contributed by atoms with E-state index >= 15 is 0 Å². The highest BCUT2D eigenvalue weighted by atomic mass is 28.1. The molecule has 0 rings (SSSR count). The van der Waals surface area contributed by atoms with Crippen molar-refractivity contribution in [1.29, 1.82) is 0 Å². The third kappa shape index (κ3) is 16.5. The average molecular weight is 84.2 g/mol. The Morgan fingerprint density at radius 1 is 1.80 bits per heavy atom. The maximum Gasteiger partial charge on any atom is 0.00753 e. The molecule has 5 heavy (non-hydrogen) atoms. The molecule has 0 unspecified atom stereocenters. The Morgan fingerprint density at radius 3 is 2.00 bits per heavy atom. The van der Waals surface area contributed by atoms with Crippen LogP contribution in [0.25, 0.3) is 0 Å². The van der Waals surface area contributed by atoms with Crippen LogP contribution in [0, 0.1) is 7.43 Å². The van der Waals surface area contributed by atoms with E-state index in [4.69, 9.17) is 0 Å². The fourth-order valence-electron chi connectivity index (χ4n) is 0. The van der Waals surface area contributed by atoms with Crippen molar-refractivity contribution in [2.75, 3.05) is 0 Å². The average Bonchev–Trinajstić information content (AvgIpc) is 1.37. The van der Waals surface area contributed by atoms with Gasteiger partial charge in [-0.05, 0) is 6.04 Å². The van der Waals surface area contributed by atoms with Crippen molar-refractivity contribution < 1.29 is 0 Å². The topological polar surface area (TPSA) is 0 Å². The number of hydrogen-bond acceptors (Lipinski definition) is 0. The molecule has 0 N–H and O–H groups in total. The first-order chi connectivity index (χ1) is 1.91. The summed E-state index contributed by atoms with van der Waals surface area (Å²) in [6.45, 7) is 3.51. The van der Waals surface area contributed by atoms with Crippen molar-refractivity contribution in [3.8, 4) is 0 Å². The second kappa shape index (κ2) is 9.03. The molecule has 0 saturated carbocycles. The highest BCUT2D eigenvalue weighted by Gasteiger charge is 1.46. The lowest BCUT2D eigenvalue weighted by Crippen LogP contribution is -1.47. The van der Waals surface area contributed by atoms with Crippen LogP contribution in [0.2, 0.25) is 6.04 Å². The zero-order chi connectivity index (χ0) is 3.41. The Kier molecular flexibility index (Phi) is 16.0. The van der Waals surface area contributed by atoms with E-state index in [1.54, 1.807) is 0 Å². The molecule has 0 fully saturated rings. The van der Waals surface area contributed by atoms with Crippen LogP contribution in [0.3, 0.4) is 0 Å². The van der Waals surface area contributed by atoms with E-state index in [9.17, 15) is 0 Å². The van der Waals surface area contributed by atoms with Crippen molar-refractivity contribution in [2.24, 2.45) is 0 Å². The predicted octanol–water partition coefficient (Wildman–Crippen LogP) is 0.0374. The molecule has 0 aliphatic rings. The molecule has 0 aromatic carbocycles. The van der Waals surface area contributed by atoms with Gasteiger partial charge in [0.05, 0.1) is 0 Å². The van der Waals surface area contributed by atoms with Crippen molar-refractivity contribution in [3.63, 3.8) is 0 Å². The summed E-state index contributed by atoms with van der Waals surface area (Å²) in [5.74, 6) is 0. The zero-order valence-electron chi connectivity index (χ0n) is 3.49. The Labute approximate surface area is 37.3 Å². The lowest BCUT2D eigenvalue weighted by Gasteiger charge is -1.57. The molecule has 0 bridgehead atoms. The third-order valence-electron chi connectivity index (χ3n) is 0.289. The second-order valence-corrected chi connectivity index (χ2v) is 1.51. The van der Waals surface area contributed by atoms with Gasteiger partial charge in [0.1, 0.15) is 0 Å². The molecular formula is C4H8Si. The first-order valence-electron chi connectivity index (χ1n) is 1.52. The number of rotatable bonds is 1. The monoisotopic (exact) mass is 84.0 g/mol. The first kappa shape index (κ1) is 8.88. The molecule has 0 aliphatic carbocycles. The summed E-state index contributed by atoms with van der Waals surface area (Å²) in [5, 5.41) is 0. The van der Waals surface area contributed by atoms with E-state index in [0.29, 0.717) is 0 Å². The zero-order valence-corrected chi connectivity index (χ0v) is 5.49. The molecule has 0 aliphatic heterocycles. The van der Waals surface area contributed by atoms with Crippen LogP contribution in [0.15, 0.2) is 12.7 Å². The fourth-order valence-corrected chi connectivity index (χ4v) is 0. The van der Waals surface area contributed by atoms with Crippen molar-refractivity contribution in [2.45, 2.75) is 6.04 Å². The Bertz CT molecular complexity index is 17.6. The van der Waals surface area contributed by atoms with Crippen LogP contribution in [-0.2, 0) is 0 Å². The van der Waals surface area contributed by atoms with E-state index < -0.39 is 0 Å². The molecule has 4 radical (unpaired) electrons. The van der Waals surface area contributed by atoms with E-state index in [2.05, 4.69) is 6.58 Å². The van der Waals surface area contributed by atoms with Gasteiger partial charge < -0.3 is 0 Å². The van der Waals surface area contributed by atoms with Gasteiger partial charge in [0.15, 0.2) is 0 Å². The highest BCUT2D eigenvalue weighted by Crippen LogP contribution is 1.61. The molecule has 1 heteroatoms. The minimum absolute atomic E-state index is 0. The Balaban J connectivity index is 0. The lowest BCUT2D eigenvalue weighted by molar-refractivity contribution is 1.76. The summed E-state index contributed by atoms with van der Waals surface area (Å²) in [6, 6.07) is 1.22. The van der Waals surface area contributed by atoms with Gasteiger partial charge in [0.2, 0.25) is 0 Å². The lowest BCUT2D eigenvalue weighted by atomic mass is 10.8. The van der Waals surface area contributed by atoms with Gasteiger partial charge in [0, 0.05) is 17.7 Å². The van der Waals surface area contributed by atoms with Crippen molar-refractivity contribution in [3.05, 3.63) is 20.1 Å². The van der Waals surface area contributed by atoms with Crippen molar-refractivity contribution >= 4 is 10.2 Å². The van der Waals surface area contributed by atoms with Gasteiger partial charge >= 0.3 is 0 Å². The summed E-state index contributed by atoms with van der Waals surface area (Å²) in [7, 11) is 1.27. The highest BCUT2D eigenvalue weighted by molar-refractivity contribution is 6.09. The summed E-state index contributed by atoms with van der Waals surface area (Å²) in [6.07, 6.45) is 1.94. The Morgan fingerprint density at radius 2 is 2.00 bits per heavy atom. The normalized spacial score (nSPS) is 5.60. The summed E-state index contributed by atoms with van der Waals surface area (Å²) >= 11 is 0. The molecule has 0 atom stereocenters. The SMILES string of the molecule is C=CC[SiH3].[C]. The fraction of sp³-hybridized carbons (Fsp3) is 0.250. The standard InChI is InChI=1S/C3H8Si.C/c1-2-3-4;/h2H,1,3H2,4H3;. The summed E-state index contributed by atoms with van der Waals surface area (Å²) in [4.78, 5) is 0. The van der Waals surface area contributed by atoms with Crippen LogP contribution >= 0.6 is 0 Å². The molecule has 0 aromatic rings. The van der Waals surface area contributed by atoms with Gasteiger partial charge in [-0.15, -0.1) is 6.58 Å². The third-order valence-corrected chi connectivity index (χ3v) is 0.866. The maximum absolute atomic E-state index is 3.51. The molecule has 0 nitrogen and oxygen atoms in total. The van der Waals surface area contributed by atoms with Crippen LogP contribution in [0.4, 0.5) is 0 Å². The van der Waals surface area contributed by atoms with E-state index in [1.165, 1.54) is 16.3 Å². The molecule has 0 amide bonds. The van der Waals surface area contributed by atoms with Crippen LogP contribution in [0.5, 0.6) is 0 Å². The maximum atomic E-state index is 3.51. The minimum Gasteiger partial charge on any atom is -0.103 e.